The van der Waals surface area contributed by atoms with Gasteiger partial charge in [0.05, 0.1) is 0 Å². The molecule has 0 aromatic heterocycles. The number of carbonyl (C=O) groups excluding carboxylic acids is 1. The monoisotopic (exact) mass is 274 g/mol. The minimum absolute atomic E-state index is 0.199. The molecular weight excluding hydrogens is 248 g/mol. The highest BCUT2D eigenvalue weighted by molar-refractivity contribution is 5.95. The molecule has 20 heavy (non-hydrogen) atoms. The Morgan fingerprint density at radius 1 is 1.35 bits per heavy atom. The molecule has 0 bridgehead atoms. The second kappa shape index (κ2) is 7.44. The average Bonchev–Trinajstić information content (AvgIpc) is 2.52. The Balaban J connectivity index is 2.04. The zero-order chi connectivity index (χ0) is 14.4. The fourth-order valence-electron chi connectivity index (χ4n) is 2.88. The van der Waals surface area contributed by atoms with E-state index >= 15 is 0 Å². The minimum atomic E-state index is 0.199. The largest absolute Gasteiger partial charge is 0.337 e. The van der Waals surface area contributed by atoms with Crippen molar-refractivity contribution in [3.05, 3.63) is 35.4 Å². The molecule has 1 aromatic carbocycles. The van der Waals surface area contributed by atoms with Crippen molar-refractivity contribution in [2.75, 3.05) is 19.6 Å². The molecule has 0 radical (unpaired) electrons. The van der Waals surface area contributed by atoms with E-state index in [0.29, 0.717) is 6.04 Å². The van der Waals surface area contributed by atoms with Crippen molar-refractivity contribution >= 4 is 5.91 Å². The zero-order valence-electron chi connectivity index (χ0n) is 12.7. The lowest BCUT2D eigenvalue weighted by Crippen LogP contribution is -2.48. The van der Waals surface area contributed by atoms with Crippen LogP contribution in [0, 0.1) is 0 Å². The number of benzene rings is 1. The first kappa shape index (κ1) is 15.0. The minimum Gasteiger partial charge on any atom is -0.337 e. The van der Waals surface area contributed by atoms with Crippen molar-refractivity contribution in [2.45, 2.75) is 45.6 Å². The number of aryl methyl sites for hydroxylation is 1. The molecule has 1 amide bonds. The van der Waals surface area contributed by atoms with Gasteiger partial charge in [0.15, 0.2) is 0 Å². The Labute approximate surface area is 122 Å². The predicted octanol–water partition coefficient (Wildman–Crippen LogP) is 2.85. The first-order valence-electron chi connectivity index (χ1n) is 7.86. The molecule has 0 spiro atoms. The highest BCUT2D eigenvalue weighted by Gasteiger charge is 2.24. The highest BCUT2D eigenvalue weighted by atomic mass is 16.2. The van der Waals surface area contributed by atoms with Gasteiger partial charge in [0.2, 0.25) is 0 Å². The van der Waals surface area contributed by atoms with Gasteiger partial charge < -0.3 is 10.2 Å². The molecule has 2 rings (SSSR count). The Morgan fingerprint density at radius 3 is 2.90 bits per heavy atom. The topological polar surface area (TPSA) is 32.3 Å². The van der Waals surface area contributed by atoms with Crippen LogP contribution in [0.5, 0.6) is 0 Å². The fraction of sp³-hybridized carbons (Fsp3) is 0.588. The quantitative estimate of drug-likeness (QED) is 0.895. The van der Waals surface area contributed by atoms with Crippen molar-refractivity contribution < 1.29 is 4.79 Å². The molecule has 1 N–H and O–H groups in total. The van der Waals surface area contributed by atoms with E-state index in [1.54, 1.807) is 0 Å². The van der Waals surface area contributed by atoms with E-state index in [4.69, 9.17) is 0 Å². The molecule has 1 heterocycles. The van der Waals surface area contributed by atoms with Crippen LogP contribution in [0.4, 0.5) is 0 Å². The molecule has 1 saturated heterocycles. The molecule has 1 unspecified atom stereocenters. The number of carbonyl (C=O) groups is 1. The smallest absolute Gasteiger partial charge is 0.254 e. The van der Waals surface area contributed by atoms with Crippen LogP contribution < -0.4 is 5.32 Å². The fourth-order valence-corrected chi connectivity index (χ4v) is 2.88. The second-order valence-electron chi connectivity index (χ2n) is 5.56. The molecule has 110 valence electrons. The second-order valence-corrected chi connectivity index (χ2v) is 5.56. The average molecular weight is 274 g/mol. The third kappa shape index (κ3) is 3.60. The molecule has 3 nitrogen and oxygen atoms in total. The number of nitrogens with one attached hydrogen (secondary N) is 1. The number of hydrogen-bond donors (Lipinski definition) is 1. The normalized spacial score (nSPS) is 19.1. The van der Waals surface area contributed by atoms with Crippen molar-refractivity contribution in [3.8, 4) is 0 Å². The number of likely N-dealkylation sites (tertiary alicyclic amines) is 1. The number of hydrogen-bond acceptors (Lipinski definition) is 2. The Morgan fingerprint density at radius 2 is 2.15 bits per heavy atom. The Hall–Kier alpha value is -1.35. The van der Waals surface area contributed by atoms with Crippen molar-refractivity contribution in [2.24, 2.45) is 0 Å². The summed E-state index contributed by atoms with van der Waals surface area (Å²) < 4.78 is 0. The van der Waals surface area contributed by atoms with Gasteiger partial charge in [-0.25, -0.2) is 0 Å². The van der Waals surface area contributed by atoms with Gasteiger partial charge in [-0.05, 0) is 43.9 Å². The summed E-state index contributed by atoms with van der Waals surface area (Å²) in [5.41, 5.74) is 2.03. The van der Waals surface area contributed by atoms with Gasteiger partial charge in [-0.15, -0.1) is 0 Å². The summed E-state index contributed by atoms with van der Waals surface area (Å²) in [5.74, 6) is 0.199. The molecule has 1 atom stereocenters. The highest BCUT2D eigenvalue weighted by Crippen LogP contribution is 2.17. The zero-order valence-corrected chi connectivity index (χ0v) is 12.7. The predicted molar refractivity (Wildman–Crippen MR) is 83.0 cm³/mol. The summed E-state index contributed by atoms with van der Waals surface area (Å²) in [6.07, 6.45) is 4.33. The van der Waals surface area contributed by atoms with E-state index in [1.165, 1.54) is 6.42 Å². The van der Waals surface area contributed by atoms with E-state index in [-0.39, 0.29) is 5.91 Å². The first-order chi connectivity index (χ1) is 9.76. The van der Waals surface area contributed by atoms with Crippen LogP contribution in [-0.4, -0.2) is 36.5 Å². The van der Waals surface area contributed by atoms with Crippen LogP contribution in [0.25, 0.3) is 0 Å². The summed E-state index contributed by atoms with van der Waals surface area (Å²) in [7, 11) is 0. The number of amides is 1. The Kier molecular flexibility index (Phi) is 5.60. The van der Waals surface area contributed by atoms with Crippen LogP contribution in [-0.2, 0) is 6.42 Å². The maximum Gasteiger partial charge on any atom is 0.254 e. The molecule has 1 fully saturated rings. The maximum atomic E-state index is 12.7. The van der Waals surface area contributed by atoms with E-state index < -0.39 is 0 Å². The first-order valence-corrected chi connectivity index (χ1v) is 7.86. The summed E-state index contributed by atoms with van der Waals surface area (Å²) >= 11 is 0. The van der Waals surface area contributed by atoms with E-state index in [1.807, 2.05) is 23.1 Å². The van der Waals surface area contributed by atoms with Crippen molar-refractivity contribution in [1.29, 1.82) is 0 Å². The van der Waals surface area contributed by atoms with Crippen LogP contribution >= 0.6 is 0 Å². The van der Waals surface area contributed by atoms with Gasteiger partial charge in [0.1, 0.15) is 0 Å². The summed E-state index contributed by atoms with van der Waals surface area (Å²) in [6, 6.07) is 8.45. The molecule has 1 aliphatic heterocycles. The third-order valence-electron chi connectivity index (χ3n) is 4.02. The third-order valence-corrected chi connectivity index (χ3v) is 4.02. The molecule has 3 heteroatoms. The van der Waals surface area contributed by atoms with E-state index in [0.717, 1.165) is 50.0 Å². The number of rotatable bonds is 5. The molecular formula is C17H26N2O. The van der Waals surface area contributed by atoms with Gasteiger partial charge in [-0.1, -0.05) is 32.0 Å². The maximum absolute atomic E-state index is 12.7. The van der Waals surface area contributed by atoms with Crippen molar-refractivity contribution in [3.63, 3.8) is 0 Å². The van der Waals surface area contributed by atoms with Gasteiger partial charge in [0, 0.05) is 24.7 Å². The van der Waals surface area contributed by atoms with Crippen molar-refractivity contribution in [1.82, 2.24) is 10.2 Å². The van der Waals surface area contributed by atoms with Gasteiger partial charge in [0.25, 0.3) is 5.91 Å². The van der Waals surface area contributed by atoms with Gasteiger partial charge >= 0.3 is 0 Å². The van der Waals surface area contributed by atoms with Gasteiger partial charge in [-0.2, -0.15) is 0 Å². The SMILES string of the molecule is CCCNC1CCCN(C(=O)c2ccccc2CC)C1. The lowest BCUT2D eigenvalue weighted by molar-refractivity contribution is 0.0694. The van der Waals surface area contributed by atoms with Gasteiger partial charge in [-0.3, -0.25) is 4.79 Å². The summed E-state index contributed by atoms with van der Waals surface area (Å²) in [5, 5.41) is 3.54. The Bertz CT molecular complexity index is 444. The van der Waals surface area contributed by atoms with E-state index in [9.17, 15) is 4.79 Å². The lowest BCUT2D eigenvalue weighted by Gasteiger charge is -2.33. The molecule has 1 aliphatic rings. The summed E-state index contributed by atoms with van der Waals surface area (Å²) in [6.45, 7) is 7.06. The number of nitrogens with zero attached hydrogens (tertiary/aromatic N) is 1. The number of piperidine rings is 1. The lowest BCUT2D eigenvalue weighted by atomic mass is 10.0. The molecule has 1 aromatic rings. The molecule has 0 aliphatic carbocycles. The molecule has 0 saturated carbocycles. The van der Waals surface area contributed by atoms with E-state index in [2.05, 4.69) is 25.2 Å². The summed E-state index contributed by atoms with van der Waals surface area (Å²) in [4.78, 5) is 14.7. The van der Waals surface area contributed by atoms with Crippen LogP contribution in [0.2, 0.25) is 0 Å². The van der Waals surface area contributed by atoms with Crippen LogP contribution in [0.3, 0.4) is 0 Å². The standard InChI is InChI=1S/C17H26N2O/c1-3-11-18-15-9-7-12-19(13-15)17(20)16-10-6-5-8-14(16)4-2/h5-6,8,10,15,18H,3-4,7,9,11-13H2,1-2H3. The van der Waals surface area contributed by atoms with Crippen LogP contribution in [0.15, 0.2) is 24.3 Å². The van der Waals surface area contributed by atoms with Crippen LogP contribution in [0.1, 0.15) is 49.0 Å².